The Bertz CT molecular complexity index is 1480. The van der Waals surface area contributed by atoms with Crippen molar-refractivity contribution >= 4 is 27.3 Å². The quantitative estimate of drug-likeness (QED) is 0.467. The van der Waals surface area contributed by atoms with Crippen molar-refractivity contribution in [3.63, 3.8) is 0 Å². The fourth-order valence-corrected chi connectivity index (χ4v) is 3.76. The van der Waals surface area contributed by atoms with Crippen LogP contribution in [0, 0.1) is 6.92 Å². The molecule has 2 aromatic heterocycles. The van der Waals surface area contributed by atoms with E-state index in [1.165, 1.54) is 47.1 Å². The second-order valence-electron chi connectivity index (χ2n) is 7.18. The highest BCUT2D eigenvalue weighted by Gasteiger charge is 2.30. The van der Waals surface area contributed by atoms with Crippen molar-refractivity contribution in [2.24, 2.45) is 5.14 Å². The minimum Gasteiger partial charge on any atom is -0.322 e. The van der Waals surface area contributed by atoms with Gasteiger partial charge < -0.3 is 5.32 Å². The third-order valence-corrected chi connectivity index (χ3v) is 5.73. The van der Waals surface area contributed by atoms with Gasteiger partial charge in [0.05, 0.1) is 22.3 Å². The van der Waals surface area contributed by atoms with Crippen LogP contribution in [0.5, 0.6) is 0 Å². The molecule has 0 unspecified atom stereocenters. The van der Waals surface area contributed by atoms with Gasteiger partial charge in [0.15, 0.2) is 5.65 Å². The molecule has 0 fully saturated rings. The standard InChI is InChI=1S/C21H16F3N5O3S/c1-12-9-18(13-5-7-14(8-6-13)21(22,23)24)28-19-17(11-26-29(12)19)20(30)27-15-3-2-4-16(10-15)33(25,31)32/h2-11H,1H3,(H,27,30)(H2,25,31,32). The summed E-state index contributed by atoms with van der Waals surface area (Å²) in [4.78, 5) is 17.1. The van der Waals surface area contributed by atoms with Crippen molar-refractivity contribution in [1.82, 2.24) is 14.6 Å². The number of benzene rings is 2. The van der Waals surface area contributed by atoms with Gasteiger partial charge in [-0.15, -0.1) is 0 Å². The highest BCUT2D eigenvalue weighted by atomic mass is 32.2. The van der Waals surface area contributed by atoms with E-state index in [4.69, 9.17) is 5.14 Å². The Hall–Kier alpha value is -3.77. The summed E-state index contributed by atoms with van der Waals surface area (Å²) >= 11 is 0. The molecule has 0 aliphatic carbocycles. The van der Waals surface area contributed by atoms with Crippen LogP contribution in [0.2, 0.25) is 0 Å². The number of aromatic nitrogens is 3. The molecule has 4 rings (SSSR count). The summed E-state index contributed by atoms with van der Waals surface area (Å²) in [5.41, 5.74) is 1.08. The SMILES string of the molecule is Cc1cc(-c2ccc(C(F)(F)F)cc2)nc2c(C(=O)Nc3cccc(S(N)(=O)=O)c3)cnn12. The summed E-state index contributed by atoms with van der Waals surface area (Å²) in [7, 11) is -3.95. The fourth-order valence-electron chi connectivity index (χ4n) is 3.20. The van der Waals surface area contributed by atoms with Gasteiger partial charge in [-0.05, 0) is 43.3 Å². The summed E-state index contributed by atoms with van der Waals surface area (Å²) in [6.45, 7) is 1.71. The average molecular weight is 475 g/mol. The third-order valence-electron chi connectivity index (χ3n) is 4.82. The molecule has 2 aromatic carbocycles. The van der Waals surface area contributed by atoms with Crippen LogP contribution < -0.4 is 10.5 Å². The van der Waals surface area contributed by atoms with Crippen LogP contribution in [0.1, 0.15) is 21.6 Å². The molecule has 8 nitrogen and oxygen atoms in total. The maximum atomic E-state index is 12.9. The molecule has 33 heavy (non-hydrogen) atoms. The lowest BCUT2D eigenvalue weighted by Gasteiger charge is -2.09. The van der Waals surface area contributed by atoms with Gasteiger partial charge in [-0.1, -0.05) is 18.2 Å². The number of nitrogens with one attached hydrogen (secondary N) is 1. The van der Waals surface area contributed by atoms with Crippen molar-refractivity contribution in [3.05, 3.63) is 77.6 Å². The molecule has 1 amide bonds. The Kier molecular flexibility index (Phi) is 5.42. The largest absolute Gasteiger partial charge is 0.416 e. The number of rotatable bonds is 4. The van der Waals surface area contributed by atoms with E-state index in [1.54, 1.807) is 13.0 Å². The molecule has 0 aliphatic rings. The second kappa shape index (κ2) is 7.98. The van der Waals surface area contributed by atoms with Crippen LogP contribution in [0.4, 0.5) is 18.9 Å². The molecule has 170 valence electrons. The van der Waals surface area contributed by atoms with Crippen molar-refractivity contribution < 1.29 is 26.4 Å². The predicted molar refractivity (Wildman–Crippen MR) is 114 cm³/mol. The van der Waals surface area contributed by atoms with Crippen molar-refractivity contribution in [2.45, 2.75) is 18.0 Å². The molecule has 3 N–H and O–H groups in total. The Morgan fingerprint density at radius 3 is 2.42 bits per heavy atom. The molecule has 12 heteroatoms. The zero-order valence-electron chi connectivity index (χ0n) is 17.0. The van der Waals surface area contributed by atoms with Crippen molar-refractivity contribution in [1.29, 1.82) is 0 Å². The number of sulfonamides is 1. The van der Waals surface area contributed by atoms with E-state index < -0.39 is 27.7 Å². The number of hydrogen-bond acceptors (Lipinski definition) is 5. The highest BCUT2D eigenvalue weighted by Crippen LogP contribution is 2.31. The van der Waals surface area contributed by atoms with Crippen LogP contribution in [0.3, 0.4) is 0 Å². The van der Waals surface area contributed by atoms with Crippen molar-refractivity contribution in [2.75, 3.05) is 5.32 Å². The maximum absolute atomic E-state index is 12.9. The second-order valence-corrected chi connectivity index (χ2v) is 8.74. The van der Waals surface area contributed by atoms with E-state index >= 15 is 0 Å². The molecule has 4 aromatic rings. The molecule has 0 atom stereocenters. The van der Waals surface area contributed by atoms with Crippen LogP contribution in [-0.4, -0.2) is 28.9 Å². The number of nitrogens with two attached hydrogens (primary N) is 1. The normalized spacial score (nSPS) is 12.2. The van der Waals surface area contributed by atoms with Gasteiger partial charge in [0.1, 0.15) is 5.56 Å². The molecule has 0 saturated carbocycles. The summed E-state index contributed by atoms with van der Waals surface area (Å²) < 4.78 is 63.1. The number of aryl methyl sites for hydroxylation is 1. The first-order valence-corrected chi connectivity index (χ1v) is 11.0. The number of nitrogens with zero attached hydrogens (tertiary/aromatic N) is 3. The van der Waals surface area contributed by atoms with E-state index in [1.807, 2.05) is 0 Å². The first kappa shape index (κ1) is 22.4. The van der Waals surface area contributed by atoms with E-state index in [0.717, 1.165) is 12.1 Å². The maximum Gasteiger partial charge on any atom is 0.416 e. The number of halogens is 3. The van der Waals surface area contributed by atoms with Gasteiger partial charge in [0, 0.05) is 16.9 Å². The Morgan fingerprint density at radius 2 is 1.79 bits per heavy atom. The molecule has 0 radical (unpaired) electrons. The summed E-state index contributed by atoms with van der Waals surface area (Å²) in [6, 6.07) is 11.6. The number of carbonyl (C=O) groups excluding carboxylic acids is 1. The van der Waals surface area contributed by atoms with E-state index in [2.05, 4.69) is 15.4 Å². The highest BCUT2D eigenvalue weighted by molar-refractivity contribution is 7.89. The van der Waals surface area contributed by atoms with Gasteiger partial charge in [0.2, 0.25) is 10.0 Å². The van der Waals surface area contributed by atoms with Crippen LogP contribution >= 0.6 is 0 Å². The van der Waals surface area contributed by atoms with E-state index in [0.29, 0.717) is 17.0 Å². The number of primary sulfonamides is 1. The summed E-state index contributed by atoms with van der Waals surface area (Å²) in [5, 5.41) is 11.8. The smallest absolute Gasteiger partial charge is 0.322 e. The lowest BCUT2D eigenvalue weighted by atomic mass is 10.1. The lowest BCUT2D eigenvalue weighted by molar-refractivity contribution is -0.137. The van der Waals surface area contributed by atoms with Gasteiger partial charge >= 0.3 is 6.18 Å². The fraction of sp³-hybridized carbons (Fsp3) is 0.0952. The zero-order chi connectivity index (χ0) is 24.0. The van der Waals surface area contributed by atoms with Crippen LogP contribution in [-0.2, 0) is 16.2 Å². The molecule has 0 spiro atoms. The monoisotopic (exact) mass is 475 g/mol. The minimum absolute atomic E-state index is 0.0906. The molecule has 2 heterocycles. The lowest BCUT2D eigenvalue weighted by Crippen LogP contribution is -2.15. The number of hydrogen-bond donors (Lipinski definition) is 2. The molecule has 0 bridgehead atoms. The molecule has 0 aliphatic heterocycles. The van der Waals surface area contributed by atoms with Gasteiger partial charge in [-0.2, -0.15) is 18.3 Å². The molecular weight excluding hydrogens is 459 g/mol. The molecular formula is C21H16F3N5O3S. The Balaban J connectivity index is 1.70. The van der Waals surface area contributed by atoms with Crippen LogP contribution in [0.15, 0.2) is 65.7 Å². The van der Waals surface area contributed by atoms with Gasteiger partial charge in [-0.25, -0.2) is 23.1 Å². The number of alkyl halides is 3. The Labute approximate surface area is 185 Å². The summed E-state index contributed by atoms with van der Waals surface area (Å²) in [6.07, 6.45) is -3.16. The number of amides is 1. The number of fused-ring (bicyclic) bond motifs is 1. The van der Waals surface area contributed by atoms with Crippen LogP contribution in [0.25, 0.3) is 16.9 Å². The molecule has 0 saturated heterocycles. The third kappa shape index (κ3) is 4.56. The van der Waals surface area contributed by atoms with Crippen molar-refractivity contribution in [3.8, 4) is 11.3 Å². The predicted octanol–water partition coefficient (Wildman–Crippen LogP) is 3.62. The number of anilines is 1. The zero-order valence-corrected chi connectivity index (χ0v) is 17.8. The Morgan fingerprint density at radius 1 is 1.09 bits per heavy atom. The van der Waals surface area contributed by atoms with E-state index in [9.17, 15) is 26.4 Å². The first-order valence-electron chi connectivity index (χ1n) is 9.41. The average Bonchev–Trinajstić information content (AvgIpc) is 3.17. The number of carbonyl (C=O) groups is 1. The van der Waals surface area contributed by atoms with Gasteiger partial charge in [0.25, 0.3) is 5.91 Å². The minimum atomic E-state index is -4.46. The topological polar surface area (TPSA) is 119 Å². The van der Waals surface area contributed by atoms with Gasteiger partial charge in [-0.3, -0.25) is 4.79 Å². The van der Waals surface area contributed by atoms with E-state index in [-0.39, 0.29) is 21.8 Å². The summed E-state index contributed by atoms with van der Waals surface area (Å²) in [5.74, 6) is -0.604. The first-order chi connectivity index (χ1) is 15.4.